The molecule has 0 unspecified atom stereocenters. The van der Waals surface area contributed by atoms with E-state index < -0.39 is 15.9 Å². The van der Waals surface area contributed by atoms with Gasteiger partial charge in [-0.05, 0) is 79.8 Å². The van der Waals surface area contributed by atoms with Crippen LogP contribution in [0.5, 0.6) is 0 Å². The second kappa shape index (κ2) is 12.0. The molecule has 0 aromatic heterocycles. The molecule has 0 radical (unpaired) electrons. The van der Waals surface area contributed by atoms with Crippen molar-refractivity contribution in [2.75, 3.05) is 16.6 Å². The van der Waals surface area contributed by atoms with Gasteiger partial charge in [0.25, 0.3) is 21.8 Å². The van der Waals surface area contributed by atoms with Crippen molar-refractivity contribution < 1.29 is 18.0 Å². The SMILES string of the molecule is Cc1ccc(C)c(NS(=O)(=O)c2cc(C(=O)Nc3ccccc3C(=O)NCCc3ccccc3)ccc2C)c1. The normalized spacial score (nSPS) is 11.1. The number of hydrogen-bond donors (Lipinski definition) is 3. The van der Waals surface area contributed by atoms with E-state index >= 15 is 0 Å². The highest BCUT2D eigenvalue weighted by Crippen LogP contribution is 2.25. The van der Waals surface area contributed by atoms with E-state index in [0.717, 1.165) is 16.7 Å². The standard InChI is InChI=1S/C31H31N3O4S/c1-21-13-14-22(2)28(19-21)34-39(37,38)29-20-25(16-15-23(29)3)30(35)33-27-12-8-7-11-26(27)31(36)32-18-17-24-9-5-4-6-10-24/h4-16,19-20,34H,17-18H2,1-3H3,(H,32,36)(H,33,35). The maximum absolute atomic E-state index is 13.3. The van der Waals surface area contributed by atoms with Crippen molar-refractivity contribution in [3.8, 4) is 0 Å². The first-order valence-electron chi connectivity index (χ1n) is 12.6. The molecular formula is C31H31N3O4S. The molecule has 8 heteroatoms. The zero-order chi connectivity index (χ0) is 28.0. The Hall–Kier alpha value is -4.43. The summed E-state index contributed by atoms with van der Waals surface area (Å²) in [5.41, 5.74) is 4.60. The molecular weight excluding hydrogens is 510 g/mol. The van der Waals surface area contributed by atoms with Crippen molar-refractivity contribution in [3.63, 3.8) is 0 Å². The number of benzene rings is 4. The Morgan fingerprint density at radius 3 is 2.18 bits per heavy atom. The smallest absolute Gasteiger partial charge is 0.262 e. The van der Waals surface area contributed by atoms with Gasteiger partial charge in [0.15, 0.2) is 0 Å². The molecule has 0 aliphatic rings. The summed E-state index contributed by atoms with van der Waals surface area (Å²) < 4.78 is 29.2. The largest absolute Gasteiger partial charge is 0.352 e. The lowest BCUT2D eigenvalue weighted by Crippen LogP contribution is -2.27. The second-order valence-corrected chi connectivity index (χ2v) is 11.0. The van der Waals surface area contributed by atoms with Crippen LogP contribution in [0.15, 0.2) is 95.9 Å². The van der Waals surface area contributed by atoms with Crippen molar-refractivity contribution in [2.24, 2.45) is 0 Å². The van der Waals surface area contributed by atoms with Crippen LogP contribution in [0.25, 0.3) is 0 Å². The van der Waals surface area contributed by atoms with E-state index in [-0.39, 0.29) is 16.4 Å². The minimum absolute atomic E-state index is 0.00277. The maximum Gasteiger partial charge on any atom is 0.262 e. The fourth-order valence-electron chi connectivity index (χ4n) is 4.12. The minimum Gasteiger partial charge on any atom is -0.352 e. The van der Waals surface area contributed by atoms with E-state index in [1.165, 1.54) is 6.07 Å². The number of nitrogens with one attached hydrogen (secondary N) is 3. The molecule has 4 aromatic carbocycles. The number of anilines is 2. The highest BCUT2D eigenvalue weighted by Gasteiger charge is 2.21. The van der Waals surface area contributed by atoms with Gasteiger partial charge in [0.1, 0.15) is 0 Å². The van der Waals surface area contributed by atoms with Gasteiger partial charge in [-0.1, -0.05) is 60.7 Å². The van der Waals surface area contributed by atoms with Crippen LogP contribution in [-0.2, 0) is 16.4 Å². The lowest BCUT2D eigenvalue weighted by Gasteiger charge is -2.15. The Bertz CT molecular complexity index is 1620. The third-order valence-electron chi connectivity index (χ3n) is 6.34. The fraction of sp³-hybridized carbons (Fsp3) is 0.161. The van der Waals surface area contributed by atoms with Crippen molar-refractivity contribution >= 4 is 33.2 Å². The van der Waals surface area contributed by atoms with Gasteiger partial charge in [0, 0.05) is 12.1 Å². The highest BCUT2D eigenvalue weighted by atomic mass is 32.2. The van der Waals surface area contributed by atoms with E-state index in [9.17, 15) is 18.0 Å². The Labute approximate surface area is 229 Å². The van der Waals surface area contributed by atoms with E-state index in [1.54, 1.807) is 49.4 Å². The number of aryl methyl sites for hydroxylation is 3. The number of carbonyl (C=O) groups excluding carboxylic acids is 2. The molecule has 0 spiro atoms. The molecule has 0 aliphatic heterocycles. The molecule has 4 rings (SSSR count). The van der Waals surface area contributed by atoms with Crippen LogP contribution in [0.2, 0.25) is 0 Å². The van der Waals surface area contributed by atoms with E-state index in [2.05, 4.69) is 15.4 Å². The Morgan fingerprint density at radius 1 is 0.718 bits per heavy atom. The van der Waals surface area contributed by atoms with E-state index in [0.29, 0.717) is 35.5 Å². The number of rotatable bonds is 9. The zero-order valence-electron chi connectivity index (χ0n) is 22.1. The zero-order valence-corrected chi connectivity index (χ0v) is 22.9. The molecule has 3 N–H and O–H groups in total. The van der Waals surface area contributed by atoms with Crippen LogP contribution in [0.4, 0.5) is 11.4 Å². The van der Waals surface area contributed by atoms with Gasteiger partial charge in [-0.2, -0.15) is 0 Å². The van der Waals surface area contributed by atoms with Gasteiger partial charge < -0.3 is 10.6 Å². The molecule has 39 heavy (non-hydrogen) atoms. The van der Waals surface area contributed by atoms with Gasteiger partial charge in [0.2, 0.25) is 0 Å². The molecule has 0 bridgehead atoms. The molecule has 0 fully saturated rings. The van der Waals surface area contributed by atoms with Crippen molar-refractivity contribution in [1.82, 2.24) is 5.32 Å². The molecule has 0 atom stereocenters. The Balaban J connectivity index is 1.50. The van der Waals surface area contributed by atoms with Gasteiger partial charge in [-0.15, -0.1) is 0 Å². The summed E-state index contributed by atoms with van der Waals surface area (Å²) in [6.45, 7) is 5.82. The summed E-state index contributed by atoms with van der Waals surface area (Å²) in [5, 5.41) is 5.66. The molecule has 200 valence electrons. The van der Waals surface area contributed by atoms with E-state index in [4.69, 9.17) is 0 Å². The lowest BCUT2D eigenvalue weighted by molar-refractivity contribution is 0.0955. The summed E-state index contributed by atoms with van der Waals surface area (Å²) in [6.07, 6.45) is 0.678. The Morgan fingerprint density at radius 2 is 1.41 bits per heavy atom. The predicted molar refractivity (Wildman–Crippen MR) is 155 cm³/mol. The highest BCUT2D eigenvalue weighted by molar-refractivity contribution is 7.92. The third kappa shape index (κ3) is 6.91. The number of para-hydroxylation sites is 1. The maximum atomic E-state index is 13.3. The van der Waals surface area contributed by atoms with Crippen molar-refractivity contribution in [2.45, 2.75) is 32.1 Å². The lowest BCUT2D eigenvalue weighted by atomic mass is 10.1. The second-order valence-electron chi connectivity index (χ2n) is 9.40. The van der Waals surface area contributed by atoms with Crippen LogP contribution in [0.1, 0.15) is 43.0 Å². The monoisotopic (exact) mass is 541 g/mol. The van der Waals surface area contributed by atoms with Crippen LogP contribution >= 0.6 is 0 Å². The van der Waals surface area contributed by atoms with Crippen LogP contribution < -0.4 is 15.4 Å². The van der Waals surface area contributed by atoms with Gasteiger partial charge >= 0.3 is 0 Å². The summed E-state index contributed by atoms with van der Waals surface area (Å²) >= 11 is 0. The molecule has 4 aromatic rings. The number of sulfonamides is 1. The molecule has 7 nitrogen and oxygen atoms in total. The first-order valence-corrected chi connectivity index (χ1v) is 14.1. The molecule has 0 saturated heterocycles. The summed E-state index contributed by atoms with van der Waals surface area (Å²) in [7, 11) is -3.96. The first-order chi connectivity index (χ1) is 18.6. The van der Waals surface area contributed by atoms with Crippen LogP contribution in [0.3, 0.4) is 0 Å². The molecule has 0 saturated carbocycles. The average molecular weight is 542 g/mol. The van der Waals surface area contributed by atoms with Crippen LogP contribution in [0, 0.1) is 20.8 Å². The number of carbonyl (C=O) groups is 2. The van der Waals surface area contributed by atoms with Gasteiger partial charge in [-0.25, -0.2) is 8.42 Å². The summed E-state index contributed by atoms with van der Waals surface area (Å²) in [5.74, 6) is -0.838. The predicted octanol–water partition coefficient (Wildman–Crippen LogP) is 5.64. The van der Waals surface area contributed by atoms with Gasteiger partial charge in [0.05, 0.1) is 21.8 Å². The van der Waals surface area contributed by atoms with Crippen LogP contribution in [-0.4, -0.2) is 26.8 Å². The summed E-state index contributed by atoms with van der Waals surface area (Å²) in [6, 6.07) is 26.5. The minimum atomic E-state index is -3.96. The molecule has 0 aliphatic carbocycles. The van der Waals surface area contributed by atoms with E-state index in [1.807, 2.05) is 56.3 Å². The third-order valence-corrected chi connectivity index (χ3v) is 7.85. The fourth-order valence-corrected chi connectivity index (χ4v) is 5.51. The summed E-state index contributed by atoms with van der Waals surface area (Å²) in [4.78, 5) is 26.1. The number of amides is 2. The molecule has 2 amide bonds. The average Bonchev–Trinajstić information content (AvgIpc) is 2.91. The quantitative estimate of drug-likeness (QED) is 0.255. The van der Waals surface area contributed by atoms with Gasteiger partial charge in [-0.3, -0.25) is 14.3 Å². The first kappa shape index (κ1) is 27.6. The van der Waals surface area contributed by atoms with Crippen molar-refractivity contribution in [1.29, 1.82) is 0 Å². The molecule has 0 heterocycles. The number of hydrogen-bond acceptors (Lipinski definition) is 4. The Kier molecular flexibility index (Phi) is 8.46. The topological polar surface area (TPSA) is 104 Å². The van der Waals surface area contributed by atoms with Crippen molar-refractivity contribution in [3.05, 3.63) is 124 Å².